The summed E-state index contributed by atoms with van der Waals surface area (Å²) in [7, 11) is 0. The summed E-state index contributed by atoms with van der Waals surface area (Å²) in [6, 6.07) is 16.9. The molecule has 4 aromatic rings. The number of para-hydroxylation sites is 1. The molecule has 0 saturated carbocycles. The van der Waals surface area contributed by atoms with Gasteiger partial charge >= 0.3 is 12.1 Å². The molecule has 0 saturated heterocycles. The van der Waals surface area contributed by atoms with Gasteiger partial charge in [0.15, 0.2) is 0 Å². The second-order valence-corrected chi connectivity index (χ2v) is 8.96. The second kappa shape index (κ2) is 9.31. The van der Waals surface area contributed by atoms with E-state index < -0.39 is 17.7 Å². The van der Waals surface area contributed by atoms with Crippen molar-refractivity contribution in [3.05, 3.63) is 94.7 Å². The normalized spacial score (nSPS) is 12.7. The third-order valence-corrected chi connectivity index (χ3v) is 6.80. The summed E-state index contributed by atoms with van der Waals surface area (Å²) < 4.78 is 39.3. The molecule has 170 valence electrons. The fourth-order valence-corrected chi connectivity index (χ4v) is 5.05. The van der Waals surface area contributed by atoms with Crippen molar-refractivity contribution in [1.82, 2.24) is 10.2 Å². The van der Waals surface area contributed by atoms with Crippen LogP contribution < -0.4 is 0 Å². The first-order chi connectivity index (χ1) is 15.7. The van der Waals surface area contributed by atoms with Crippen molar-refractivity contribution in [3.8, 4) is 0 Å². The number of nitrogens with zero attached hydrogens (tertiary/aromatic N) is 1. The van der Waals surface area contributed by atoms with Gasteiger partial charge in [-0.05, 0) is 59.9 Å². The summed E-state index contributed by atoms with van der Waals surface area (Å²) in [6.45, 7) is 1.93. The maximum absolute atomic E-state index is 13.1. The fourth-order valence-electron chi connectivity index (χ4n) is 3.77. The molecule has 0 spiro atoms. The maximum Gasteiger partial charge on any atom is 0.416 e. The van der Waals surface area contributed by atoms with E-state index in [0.29, 0.717) is 6.42 Å². The molecule has 33 heavy (non-hydrogen) atoms. The number of alkyl halides is 3. The smallest absolute Gasteiger partial charge is 0.416 e. The third kappa shape index (κ3) is 5.22. The minimum atomic E-state index is -4.40. The van der Waals surface area contributed by atoms with Crippen LogP contribution in [0.5, 0.6) is 0 Å². The van der Waals surface area contributed by atoms with Gasteiger partial charge in [-0.25, -0.2) is 0 Å². The van der Waals surface area contributed by atoms with Crippen LogP contribution >= 0.6 is 11.8 Å². The number of rotatable bonds is 7. The Morgan fingerprint density at radius 2 is 1.88 bits per heavy atom. The van der Waals surface area contributed by atoms with E-state index in [9.17, 15) is 18.0 Å². The van der Waals surface area contributed by atoms with Crippen molar-refractivity contribution in [2.75, 3.05) is 0 Å². The average molecular weight is 471 g/mol. The lowest BCUT2D eigenvalue weighted by Crippen LogP contribution is -2.05. The molecule has 1 heterocycles. The van der Waals surface area contributed by atoms with Gasteiger partial charge in [-0.1, -0.05) is 36.4 Å². The van der Waals surface area contributed by atoms with Crippen LogP contribution in [0.1, 0.15) is 39.5 Å². The highest BCUT2D eigenvalue weighted by Gasteiger charge is 2.30. The Labute approximate surface area is 192 Å². The van der Waals surface area contributed by atoms with Crippen LogP contribution in [-0.4, -0.2) is 21.3 Å². The van der Waals surface area contributed by atoms with Crippen LogP contribution in [0.25, 0.3) is 10.9 Å². The summed E-state index contributed by atoms with van der Waals surface area (Å²) in [4.78, 5) is 11.8. The molecule has 0 aliphatic heterocycles. The van der Waals surface area contributed by atoms with Crippen LogP contribution in [0, 0.1) is 6.92 Å². The number of carboxylic acids is 1. The van der Waals surface area contributed by atoms with Crippen LogP contribution in [0.4, 0.5) is 13.2 Å². The standard InChI is InChI=1S/C25H21F3N2O2S/c1-15-13-20(11-7-16(15)8-12-22(31)32)33-24(17-5-9-19(10-6-17)25(26,27)28)21-4-2-3-18-14-29-30-23(18)21/h2-7,9-11,13-14,24H,8,12H2,1H3,(H,29,30)(H,31,32). The Balaban J connectivity index is 1.72. The third-order valence-electron chi connectivity index (χ3n) is 5.51. The van der Waals surface area contributed by atoms with Gasteiger partial charge in [0.25, 0.3) is 0 Å². The Bertz CT molecular complexity index is 1280. The number of thioether (sulfide) groups is 1. The van der Waals surface area contributed by atoms with Crippen molar-refractivity contribution in [2.24, 2.45) is 0 Å². The number of hydrogen-bond donors (Lipinski definition) is 2. The number of nitrogens with one attached hydrogen (secondary N) is 1. The highest BCUT2D eigenvalue weighted by Crippen LogP contribution is 2.43. The Morgan fingerprint density at radius 1 is 1.12 bits per heavy atom. The lowest BCUT2D eigenvalue weighted by atomic mass is 10.0. The molecule has 2 N–H and O–H groups in total. The quantitative estimate of drug-likeness (QED) is 0.292. The molecule has 4 rings (SSSR count). The summed E-state index contributed by atoms with van der Waals surface area (Å²) in [5.74, 6) is -0.845. The van der Waals surface area contributed by atoms with E-state index in [1.54, 1.807) is 6.20 Å². The zero-order chi connectivity index (χ0) is 23.6. The van der Waals surface area contributed by atoms with Crippen molar-refractivity contribution >= 4 is 28.6 Å². The largest absolute Gasteiger partial charge is 0.481 e. The van der Waals surface area contributed by atoms with E-state index in [-0.39, 0.29) is 11.7 Å². The molecule has 0 amide bonds. The lowest BCUT2D eigenvalue weighted by molar-refractivity contribution is -0.138. The molecule has 3 aromatic carbocycles. The van der Waals surface area contributed by atoms with Crippen LogP contribution in [0.2, 0.25) is 0 Å². The van der Waals surface area contributed by atoms with Crippen molar-refractivity contribution < 1.29 is 23.1 Å². The van der Waals surface area contributed by atoms with Gasteiger partial charge in [0, 0.05) is 16.7 Å². The van der Waals surface area contributed by atoms with Gasteiger partial charge in [-0.3, -0.25) is 9.89 Å². The molecular formula is C25H21F3N2O2S. The molecule has 0 radical (unpaired) electrons. The zero-order valence-corrected chi connectivity index (χ0v) is 18.5. The monoisotopic (exact) mass is 470 g/mol. The number of benzene rings is 3. The predicted octanol–water partition coefficient (Wildman–Crippen LogP) is 6.79. The Hall–Kier alpha value is -3.26. The molecular weight excluding hydrogens is 449 g/mol. The summed E-state index contributed by atoms with van der Waals surface area (Å²) in [5.41, 5.74) is 3.75. The Morgan fingerprint density at radius 3 is 2.55 bits per heavy atom. The molecule has 1 unspecified atom stereocenters. The zero-order valence-electron chi connectivity index (χ0n) is 17.7. The van der Waals surface area contributed by atoms with E-state index in [1.807, 2.05) is 43.3 Å². The average Bonchev–Trinajstić information content (AvgIpc) is 3.25. The molecule has 0 fully saturated rings. The number of hydrogen-bond acceptors (Lipinski definition) is 3. The van der Waals surface area contributed by atoms with Crippen molar-refractivity contribution in [1.29, 1.82) is 0 Å². The number of aromatic nitrogens is 2. The molecule has 1 atom stereocenters. The number of aryl methyl sites for hydroxylation is 2. The van der Waals surface area contributed by atoms with E-state index in [4.69, 9.17) is 5.11 Å². The van der Waals surface area contributed by atoms with Gasteiger partial charge < -0.3 is 5.11 Å². The Kier molecular flexibility index (Phi) is 6.47. The number of H-pyrrole nitrogens is 1. The topological polar surface area (TPSA) is 66.0 Å². The summed E-state index contributed by atoms with van der Waals surface area (Å²) >= 11 is 1.53. The van der Waals surface area contributed by atoms with Crippen LogP contribution in [0.15, 0.2) is 71.8 Å². The first kappa shape index (κ1) is 22.9. The summed E-state index contributed by atoms with van der Waals surface area (Å²) in [6.07, 6.45) is -2.17. The number of carbonyl (C=O) groups is 1. The molecule has 0 aliphatic carbocycles. The minimum absolute atomic E-state index is 0.0589. The highest BCUT2D eigenvalue weighted by molar-refractivity contribution is 7.99. The number of aromatic amines is 1. The van der Waals surface area contributed by atoms with Crippen molar-refractivity contribution in [2.45, 2.75) is 36.1 Å². The lowest BCUT2D eigenvalue weighted by Gasteiger charge is -2.20. The number of fused-ring (bicyclic) bond motifs is 1. The van der Waals surface area contributed by atoms with Gasteiger partial charge in [-0.15, -0.1) is 11.8 Å². The second-order valence-electron chi connectivity index (χ2n) is 7.78. The number of halogens is 3. The number of carboxylic acid groups (broad SMARTS) is 1. The highest BCUT2D eigenvalue weighted by atomic mass is 32.2. The molecule has 0 aliphatic rings. The van der Waals surface area contributed by atoms with Crippen LogP contribution in [0.3, 0.4) is 0 Å². The fraction of sp³-hybridized carbons (Fsp3) is 0.200. The van der Waals surface area contributed by atoms with Gasteiger partial charge in [0.05, 0.1) is 22.5 Å². The van der Waals surface area contributed by atoms with Crippen LogP contribution in [-0.2, 0) is 17.4 Å². The first-order valence-electron chi connectivity index (χ1n) is 10.3. The first-order valence-corrected chi connectivity index (χ1v) is 11.2. The predicted molar refractivity (Wildman–Crippen MR) is 122 cm³/mol. The van der Waals surface area contributed by atoms with E-state index in [2.05, 4.69) is 10.2 Å². The molecule has 1 aromatic heterocycles. The van der Waals surface area contributed by atoms with E-state index in [1.165, 1.54) is 23.9 Å². The maximum atomic E-state index is 13.1. The molecule has 0 bridgehead atoms. The SMILES string of the molecule is Cc1cc(SC(c2ccc(C(F)(F)F)cc2)c2cccc3cn[nH]c23)ccc1CCC(=O)O. The van der Waals surface area contributed by atoms with Gasteiger partial charge in [0.2, 0.25) is 0 Å². The van der Waals surface area contributed by atoms with E-state index in [0.717, 1.165) is 50.2 Å². The van der Waals surface area contributed by atoms with E-state index >= 15 is 0 Å². The molecule has 4 nitrogen and oxygen atoms in total. The number of aliphatic carboxylic acids is 1. The summed E-state index contributed by atoms with van der Waals surface area (Å²) in [5, 5.41) is 16.7. The van der Waals surface area contributed by atoms with Gasteiger partial charge in [0.1, 0.15) is 0 Å². The van der Waals surface area contributed by atoms with Crippen molar-refractivity contribution in [3.63, 3.8) is 0 Å². The van der Waals surface area contributed by atoms with Gasteiger partial charge in [-0.2, -0.15) is 18.3 Å². The molecule has 8 heteroatoms. The minimum Gasteiger partial charge on any atom is -0.481 e.